The minimum atomic E-state index is -4.31. The summed E-state index contributed by atoms with van der Waals surface area (Å²) in [6.45, 7) is -13.2. The van der Waals surface area contributed by atoms with Crippen molar-refractivity contribution >= 4 is 32.8 Å². The average molecular weight is 1120 g/mol. The molecule has 354 valence electrons. The van der Waals surface area contributed by atoms with Crippen molar-refractivity contribution in [3.05, 3.63) is 186 Å². The Labute approximate surface area is 456 Å². The van der Waals surface area contributed by atoms with Crippen LogP contribution < -0.4 is 9.30 Å². The Balaban J connectivity index is 0.00000891. The molecule has 0 bridgehead atoms. The minimum absolute atomic E-state index is 0. The van der Waals surface area contributed by atoms with Crippen molar-refractivity contribution in [2.45, 2.75) is 104 Å². The summed E-state index contributed by atoms with van der Waals surface area (Å²) in [5, 5.41) is 1.82. The first-order valence-electron chi connectivity index (χ1n) is 32.6. The molecule has 0 atom stereocenters. The molecule has 0 unspecified atom stereocenters. The number of ether oxygens (including phenoxy) is 1. The van der Waals surface area contributed by atoms with Gasteiger partial charge in [-0.15, -0.1) is 29.7 Å². The second kappa shape index (κ2) is 16.8. The summed E-state index contributed by atoms with van der Waals surface area (Å²) in [5.74, 6) is 1.09. The van der Waals surface area contributed by atoms with E-state index in [9.17, 15) is 15.1 Å². The summed E-state index contributed by atoms with van der Waals surface area (Å²) in [5.41, 5.74) is -9.14. The van der Waals surface area contributed by atoms with Gasteiger partial charge in [0.05, 0.1) is 19.5 Å². The fourth-order valence-electron chi connectivity index (χ4n) is 9.44. The molecule has 4 heterocycles. The van der Waals surface area contributed by atoms with Gasteiger partial charge in [-0.2, -0.15) is 17.7 Å². The van der Waals surface area contributed by atoms with Crippen LogP contribution in [0.3, 0.4) is 0 Å². The van der Waals surface area contributed by atoms with Crippen LogP contribution in [0.4, 0.5) is 0 Å². The smallest absolute Gasteiger partial charge is 0.268 e. The van der Waals surface area contributed by atoms with Gasteiger partial charge in [-0.1, -0.05) is 185 Å². The maximum Gasteiger partial charge on any atom is 0.268 e. The van der Waals surface area contributed by atoms with Crippen LogP contribution in [0.25, 0.3) is 83.4 Å². The van der Waals surface area contributed by atoms with Crippen LogP contribution in [0.2, 0.25) is 0 Å². The Morgan fingerprint density at radius 1 is 0.557 bits per heavy atom. The zero-order valence-corrected chi connectivity index (χ0v) is 41.5. The number of fused-ring (bicyclic) bond motifs is 10. The van der Waals surface area contributed by atoms with Gasteiger partial charge in [0.2, 0.25) is 0 Å². The van der Waals surface area contributed by atoms with Gasteiger partial charge >= 0.3 is 0 Å². The summed E-state index contributed by atoms with van der Waals surface area (Å²) in [4.78, 5) is 4.82. The fourth-order valence-corrected chi connectivity index (χ4v) is 9.44. The molecule has 0 amide bonds. The van der Waals surface area contributed by atoms with E-state index in [1.54, 1.807) is 79.0 Å². The van der Waals surface area contributed by atoms with E-state index in [1.807, 2.05) is 67.8 Å². The largest absolute Gasteiger partial charge is 0.510 e. The summed E-state index contributed by atoms with van der Waals surface area (Å²) < 4.78 is 195. The van der Waals surface area contributed by atoms with E-state index in [0.717, 1.165) is 26.4 Å². The third-order valence-electron chi connectivity index (χ3n) is 12.9. The van der Waals surface area contributed by atoms with Crippen LogP contribution in [0.1, 0.15) is 132 Å². The number of rotatable bonds is 4. The quantitative estimate of drug-likeness (QED) is 0.130. The van der Waals surface area contributed by atoms with Gasteiger partial charge in [0.1, 0.15) is 5.82 Å². The number of nitrogens with zero attached hydrogens (tertiary/aromatic N) is 4. The topological polar surface area (TPSA) is 35.9 Å². The first-order valence-corrected chi connectivity index (χ1v) is 22.6. The van der Waals surface area contributed by atoms with E-state index in [4.69, 9.17) is 22.1 Å². The Morgan fingerprint density at radius 3 is 1.87 bits per heavy atom. The van der Waals surface area contributed by atoms with E-state index in [2.05, 4.69) is 39.2 Å². The number of hydrogen-bond acceptors (Lipinski definition) is 2. The van der Waals surface area contributed by atoms with Crippen molar-refractivity contribution in [2.75, 3.05) is 0 Å². The molecular formula is C64H60N4OPt-2. The first kappa shape index (κ1) is 29.0. The van der Waals surface area contributed by atoms with Crippen LogP contribution in [-0.4, -0.2) is 14.1 Å². The zero-order chi connectivity index (χ0) is 65.1. The molecule has 0 saturated carbocycles. The van der Waals surface area contributed by atoms with Gasteiger partial charge in [0.25, 0.3) is 6.33 Å². The number of aromatic nitrogens is 4. The summed E-state index contributed by atoms with van der Waals surface area (Å²) in [7, 11) is 0. The summed E-state index contributed by atoms with van der Waals surface area (Å²) >= 11 is 0. The van der Waals surface area contributed by atoms with Gasteiger partial charge in [-0.25, -0.2) is 4.98 Å². The number of benzene rings is 7. The molecule has 0 fully saturated rings. The number of hydrogen-bond donors (Lipinski definition) is 0. The van der Waals surface area contributed by atoms with E-state index < -0.39 is 91.8 Å². The van der Waals surface area contributed by atoms with E-state index in [1.165, 1.54) is 16.7 Å². The molecule has 10 aromatic rings. The normalized spacial score (nSPS) is 18.0. The summed E-state index contributed by atoms with van der Waals surface area (Å²) in [6.07, 6.45) is 5.03. The molecular weight excluding hydrogens is 1040 g/mol. The monoisotopic (exact) mass is 1120 g/mol. The Bertz CT molecular complexity index is 4440. The van der Waals surface area contributed by atoms with Crippen LogP contribution in [0, 0.1) is 18.5 Å². The molecule has 7 aromatic carbocycles. The Morgan fingerprint density at radius 2 is 1.19 bits per heavy atom. The van der Waals surface area contributed by atoms with Crippen molar-refractivity contribution in [1.29, 1.82) is 0 Å². The first-order chi connectivity index (χ1) is 41.1. The Kier molecular flexibility index (Phi) is 6.95. The Hall–Kier alpha value is -6.55. The fraction of sp³-hybridized carbons (Fsp3) is 0.250. The number of para-hydroxylation sites is 2. The molecule has 0 N–H and O–H groups in total. The second-order valence-corrected chi connectivity index (χ2v) is 19.8. The standard InChI is InChI=1S/C64H60N4O.Pt/c1-61(2,3)40-30-31-65-58(36-40)68-55-26-18-17-24-50(55)51-29-28-44(38-57(51)68)69-45-33-41(62(4,5)6)32-43(37-45)66-39-67-59-53(34-42(63(7,8)9)35-54(59)64(10,11)12)49-23-16-14-21-47(49)46-20-13-15-22-48(46)52-25-19-27-56(66)60(52)67;/h13-36H,1-12H3;/q-2;/i7D3,8D3,9D3,10D3,11D3,12D3,34D,35D;. The van der Waals surface area contributed by atoms with Gasteiger partial charge < -0.3 is 13.9 Å². The van der Waals surface area contributed by atoms with Gasteiger partial charge in [0.15, 0.2) is 0 Å². The van der Waals surface area contributed by atoms with E-state index >= 15 is 0 Å². The molecule has 0 saturated heterocycles. The third kappa shape index (κ3) is 8.01. The van der Waals surface area contributed by atoms with E-state index in [0.29, 0.717) is 33.6 Å². The molecule has 0 aliphatic carbocycles. The predicted octanol–water partition coefficient (Wildman–Crippen LogP) is 16.1. The second-order valence-electron chi connectivity index (χ2n) is 19.8. The summed E-state index contributed by atoms with van der Waals surface area (Å²) in [6, 6.07) is 41.1. The molecule has 5 nitrogen and oxygen atoms in total. The van der Waals surface area contributed by atoms with Crippen molar-refractivity contribution in [1.82, 2.24) is 14.1 Å². The van der Waals surface area contributed by atoms with Crippen molar-refractivity contribution in [3.63, 3.8) is 0 Å². The van der Waals surface area contributed by atoms with Crippen molar-refractivity contribution < 1.29 is 57.8 Å². The molecule has 6 heteroatoms. The van der Waals surface area contributed by atoms with Gasteiger partial charge in [-0.3, -0.25) is 4.57 Å². The van der Waals surface area contributed by atoms with Crippen molar-refractivity contribution in [2.24, 2.45) is 0 Å². The number of imidazole rings is 1. The molecule has 3 aromatic heterocycles. The van der Waals surface area contributed by atoms with Crippen LogP contribution in [0.15, 0.2) is 146 Å². The van der Waals surface area contributed by atoms with Crippen LogP contribution in [0.5, 0.6) is 11.5 Å². The third-order valence-corrected chi connectivity index (χ3v) is 12.9. The van der Waals surface area contributed by atoms with Crippen LogP contribution >= 0.6 is 0 Å². The molecule has 1 aliphatic rings. The van der Waals surface area contributed by atoms with Gasteiger partial charge in [0, 0.05) is 69.0 Å². The molecule has 11 rings (SSSR count). The van der Waals surface area contributed by atoms with Crippen molar-refractivity contribution in [3.8, 4) is 62.1 Å². The van der Waals surface area contributed by atoms with E-state index in [-0.39, 0.29) is 65.8 Å². The molecule has 0 radical (unpaired) electrons. The number of pyridine rings is 1. The average Bonchev–Trinajstić information content (AvgIpc) is 0.845. The van der Waals surface area contributed by atoms with Crippen LogP contribution in [-0.2, 0) is 42.7 Å². The maximum atomic E-state index is 10.4. The maximum absolute atomic E-state index is 10.4. The predicted molar refractivity (Wildman–Crippen MR) is 285 cm³/mol. The zero-order valence-electron chi connectivity index (χ0n) is 59.2. The molecule has 70 heavy (non-hydrogen) atoms. The minimum Gasteiger partial charge on any atom is -0.510 e. The SMILES string of the molecule is [2H]c1c2c(c(C(C([2H])([2H])[2H])(C([2H])([2H])[2H])C([2H])([2H])[2H])c([2H])c1C(C([2H])([2H])[2H])(C([2H])([2H])[2H])C([2H])([2H])[2H])-[n+]1[c-]n(-c3[c-]c(Oc4[c-]c5c(cc4)c4ccccc4n5-c4cc(C(C)(C)C)ccn4)cc(C(C)(C)C)c3)c3cccc(c31)-c1ccccc1-c1ccccc1-2.[Pt]. The van der Waals surface area contributed by atoms with Gasteiger partial charge in [-0.05, 0) is 101 Å². The molecule has 0 spiro atoms. The molecule has 1 aliphatic heterocycles.